The zero-order valence-corrected chi connectivity index (χ0v) is 12.7. The lowest BCUT2D eigenvalue weighted by molar-refractivity contribution is 0.411. The van der Waals surface area contributed by atoms with Crippen LogP contribution in [0.15, 0.2) is 24.3 Å². The van der Waals surface area contributed by atoms with Gasteiger partial charge in [-0.1, -0.05) is 51.7 Å². The molecule has 16 heavy (non-hydrogen) atoms. The summed E-state index contributed by atoms with van der Waals surface area (Å²) in [6.07, 6.45) is 8.08. The van der Waals surface area contributed by atoms with Crippen LogP contribution in [0.5, 0.6) is 0 Å². The minimum Gasteiger partial charge on any atom is -0.0654 e. The van der Waals surface area contributed by atoms with Gasteiger partial charge >= 0.3 is 0 Å². The smallest absolute Gasteiger partial charge is 0.0130 e. The van der Waals surface area contributed by atoms with Crippen LogP contribution in [0, 0.1) is 9.49 Å². The van der Waals surface area contributed by atoms with Gasteiger partial charge in [-0.2, -0.15) is 0 Å². The maximum atomic E-state index is 2.36. The van der Waals surface area contributed by atoms with Gasteiger partial charge in [-0.3, -0.25) is 0 Å². The molecule has 1 rings (SSSR count). The highest BCUT2D eigenvalue weighted by Gasteiger charge is 2.06. The zero-order chi connectivity index (χ0) is 11.8. The van der Waals surface area contributed by atoms with Gasteiger partial charge in [0.25, 0.3) is 0 Å². The second-order valence-electron chi connectivity index (χ2n) is 4.61. The molecule has 0 heterocycles. The SMILES string of the molecule is CCCC(CCC)CCc1ccc(I)cc1. The summed E-state index contributed by atoms with van der Waals surface area (Å²) in [4.78, 5) is 0. The Hall–Kier alpha value is -0.0500. The van der Waals surface area contributed by atoms with Gasteiger partial charge in [0.1, 0.15) is 0 Å². The first-order valence-electron chi connectivity index (χ1n) is 6.50. The van der Waals surface area contributed by atoms with E-state index in [9.17, 15) is 0 Å². The van der Waals surface area contributed by atoms with Gasteiger partial charge < -0.3 is 0 Å². The normalized spacial score (nSPS) is 11.0. The maximum Gasteiger partial charge on any atom is 0.0130 e. The Morgan fingerprint density at radius 2 is 1.50 bits per heavy atom. The summed E-state index contributed by atoms with van der Waals surface area (Å²) in [5.74, 6) is 0.939. The van der Waals surface area contributed by atoms with Crippen molar-refractivity contribution in [3.05, 3.63) is 33.4 Å². The first-order valence-corrected chi connectivity index (χ1v) is 7.58. The van der Waals surface area contributed by atoms with Gasteiger partial charge in [-0.15, -0.1) is 0 Å². The zero-order valence-electron chi connectivity index (χ0n) is 10.5. The van der Waals surface area contributed by atoms with E-state index < -0.39 is 0 Å². The number of hydrogen-bond donors (Lipinski definition) is 0. The minimum atomic E-state index is 0.939. The summed E-state index contributed by atoms with van der Waals surface area (Å²) in [5.41, 5.74) is 1.50. The quantitative estimate of drug-likeness (QED) is 0.584. The molecule has 1 aromatic carbocycles. The van der Waals surface area contributed by atoms with Crippen LogP contribution >= 0.6 is 22.6 Å². The highest BCUT2D eigenvalue weighted by atomic mass is 127. The Kier molecular flexibility index (Phi) is 7.10. The van der Waals surface area contributed by atoms with E-state index in [0.29, 0.717) is 0 Å². The van der Waals surface area contributed by atoms with E-state index in [2.05, 4.69) is 60.7 Å². The lowest BCUT2D eigenvalue weighted by Gasteiger charge is -2.14. The molecule has 0 aliphatic carbocycles. The molecule has 0 amide bonds. The average Bonchev–Trinajstić information content (AvgIpc) is 2.29. The third kappa shape index (κ3) is 5.33. The first-order chi connectivity index (χ1) is 7.76. The summed E-state index contributed by atoms with van der Waals surface area (Å²) in [6.45, 7) is 4.60. The summed E-state index contributed by atoms with van der Waals surface area (Å²) in [7, 11) is 0. The highest BCUT2D eigenvalue weighted by molar-refractivity contribution is 14.1. The number of hydrogen-bond acceptors (Lipinski definition) is 0. The van der Waals surface area contributed by atoms with Crippen molar-refractivity contribution in [1.29, 1.82) is 0 Å². The number of aryl methyl sites for hydroxylation is 1. The van der Waals surface area contributed by atoms with Crippen molar-refractivity contribution >= 4 is 22.6 Å². The van der Waals surface area contributed by atoms with Crippen molar-refractivity contribution in [3.8, 4) is 0 Å². The van der Waals surface area contributed by atoms with Crippen LogP contribution in [0.3, 0.4) is 0 Å². The van der Waals surface area contributed by atoms with E-state index in [4.69, 9.17) is 0 Å². The molecule has 0 aliphatic heterocycles. The number of benzene rings is 1. The topological polar surface area (TPSA) is 0 Å². The molecule has 1 aromatic rings. The van der Waals surface area contributed by atoms with E-state index in [1.54, 1.807) is 0 Å². The summed E-state index contributed by atoms with van der Waals surface area (Å²) < 4.78 is 1.33. The third-order valence-electron chi connectivity index (χ3n) is 3.15. The summed E-state index contributed by atoms with van der Waals surface area (Å²) >= 11 is 2.36. The van der Waals surface area contributed by atoms with E-state index in [0.717, 1.165) is 5.92 Å². The molecule has 0 saturated heterocycles. The largest absolute Gasteiger partial charge is 0.0654 e. The molecule has 0 N–H and O–H groups in total. The van der Waals surface area contributed by atoms with Crippen LogP contribution in [0.4, 0.5) is 0 Å². The van der Waals surface area contributed by atoms with Crippen LogP contribution < -0.4 is 0 Å². The van der Waals surface area contributed by atoms with Gasteiger partial charge in [0.2, 0.25) is 0 Å². The fourth-order valence-corrected chi connectivity index (χ4v) is 2.63. The monoisotopic (exact) mass is 330 g/mol. The Labute approximate surface area is 114 Å². The molecular weight excluding hydrogens is 307 g/mol. The van der Waals surface area contributed by atoms with Gasteiger partial charge in [0, 0.05) is 3.57 Å². The van der Waals surface area contributed by atoms with Crippen molar-refractivity contribution in [2.45, 2.75) is 52.4 Å². The van der Waals surface area contributed by atoms with Crippen molar-refractivity contribution in [3.63, 3.8) is 0 Å². The second-order valence-corrected chi connectivity index (χ2v) is 5.85. The molecule has 0 saturated carbocycles. The van der Waals surface area contributed by atoms with Crippen LogP contribution in [-0.2, 0) is 6.42 Å². The molecule has 0 bridgehead atoms. The van der Waals surface area contributed by atoms with Gasteiger partial charge in [0.05, 0.1) is 0 Å². The van der Waals surface area contributed by atoms with Gasteiger partial charge in [-0.05, 0) is 59.0 Å². The van der Waals surface area contributed by atoms with Crippen LogP contribution in [0.1, 0.15) is 51.5 Å². The van der Waals surface area contributed by atoms with Crippen molar-refractivity contribution < 1.29 is 0 Å². The van der Waals surface area contributed by atoms with E-state index in [1.165, 1.54) is 47.7 Å². The molecule has 1 heteroatoms. The number of halogens is 1. The van der Waals surface area contributed by atoms with E-state index in [1.807, 2.05) is 0 Å². The van der Waals surface area contributed by atoms with Crippen molar-refractivity contribution in [2.24, 2.45) is 5.92 Å². The molecule has 0 fully saturated rings. The lowest BCUT2D eigenvalue weighted by atomic mass is 9.91. The molecule has 0 nitrogen and oxygen atoms in total. The molecular formula is C15H23I. The predicted octanol–water partition coefficient (Wildman–Crippen LogP) is 5.44. The Bertz CT molecular complexity index is 270. The predicted molar refractivity (Wildman–Crippen MR) is 80.8 cm³/mol. The summed E-state index contributed by atoms with van der Waals surface area (Å²) in [5, 5.41) is 0. The van der Waals surface area contributed by atoms with Gasteiger partial charge in [0.15, 0.2) is 0 Å². The average molecular weight is 330 g/mol. The Morgan fingerprint density at radius 3 is 2.00 bits per heavy atom. The molecule has 90 valence electrons. The van der Waals surface area contributed by atoms with Crippen LogP contribution in [0.25, 0.3) is 0 Å². The standard InChI is InChI=1S/C15H23I/c1-3-5-13(6-4-2)7-8-14-9-11-15(16)12-10-14/h9-13H,3-8H2,1-2H3. The van der Waals surface area contributed by atoms with E-state index in [-0.39, 0.29) is 0 Å². The molecule has 0 aromatic heterocycles. The van der Waals surface area contributed by atoms with Gasteiger partial charge in [-0.25, -0.2) is 0 Å². The Balaban J connectivity index is 2.38. The molecule has 0 radical (unpaired) electrons. The van der Waals surface area contributed by atoms with E-state index >= 15 is 0 Å². The fraction of sp³-hybridized carbons (Fsp3) is 0.600. The second kappa shape index (κ2) is 8.10. The molecule has 0 aliphatic rings. The highest BCUT2D eigenvalue weighted by Crippen LogP contribution is 2.20. The number of rotatable bonds is 7. The third-order valence-corrected chi connectivity index (χ3v) is 3.87. The fourth-order valence-electron chi connectivity index (χ4n) is 2.27. The maximum absolute atomic E-state index is 2.36. The van der Waals surface area contributed by atoms with Crippen molar-refractivity contribution in [1.82, 2.24) is 0 Å². The Morgan fingerprint density at radius 1 is 0.938 bits per heavy atom. The molecule has 0 unspecified atom stereocenters. The lowest BCUT2D eigenvalue weighted by Crippen LogP contribution is -2.01. The minimum absolute atomic E-state index is 0.939. The van der Waals surface area contributed by atoms with Crippen LogP contribution in [-0.4, -0.2) is 0 Å². The molecule has 0 spiro atoms. The summed E-state index contributed by atoms with van der Waals surface area (Å²) in [6, 6.07) is 8.97. The van der Waals surface area contributed by atoms with Crippen molar-refractivity contribution in [2.75, 3.05) is 0 Å². The van der Waals surface area contributed by atoms with Crippen LogP contribution in [0.2, 0.25) is 0 Å². The molecule has 0 atom stereocenters. The first kappa shape index (κ1) is 14.0.